The molecule has 0 aliphatic heterocycles. The number of hydrogen-bond acceptors (Lipinski definition) is 5. The van der Waals surface area contributed by atoms with Crippen molar-refractivity contribution >= 4 is 33.5 Å². The number of allylic oxidation sites excluding steroid dienone is 1. The quantitative estimate of drug-likeness (QED) is 0.591. The van der Waals surface area contributed by atoms with Gasteiger partial charge in [-0.25, -0.2) is 22.2 Å². The van der Waals surface area contributed by atoms with Gasteiger partial charge in [-0.05, 0) is 42.7 Å². The van der Waals surface area contributed by atoms with Gasteiger partial charge in [-0.1, -0.05) is 29.5 Å². The van der Waals surface area contributed by atoms with E-state index in [2.05, 4.69) is 15.0 Å². The Morgan fingerprint density at radius 3 is 2.76 bits per heavy atom. The third-order valence-corrected chi connectivity index (χ3v) is 6.06. The van der Waals surface area contributed by atoms with Crippen molar-refractivity contribution in [3.63, 3.8) is 0 Å². The summed E-state index contributed by atoms with van der Waals surface area (Å²) in [6.45, 7) is 0.0523. The van der Waals surface area contributed by atoms with Crippen LogP contribution in [0.3, 0.4) is 0 Å². The van der Waals surface area contributed by atoms with Gasteiger partial charge in [0, 0.05) is 18.2 Å². The Morgan fingerprint density at radius 2 is 2.03 bits per heavy atom. The molecule has 0 spiro atoms. The molecule has 29 heavy (non-hydrogen) atoms. The second kappa shape index (κ2) is 8.58. The third-order valence-electron chi connectivity index (χ3n) is 4.54. The van der Waals surface area contributed by atoms with E-state index in [1.807, 2.05) is 18.2 Å². The van der Waals surface area contributed by atoms with E-state index in [1.54, 1.807) is 24.3 Å². The van der Waals surface area contributed by atoms with Crippen LogP contribution in [0, 0.1) is 0 Å². The summed E-state index contributed by atoms with van der Waals surface area (Å²) in [4.78, 5) is 0.207. The zero-order valence-corrected chi connectivity index (χ0v) is 17.1. The molecule has 1 aliphatic rings. The second-order valence-corrected chi connectivity index (χ2v) is 8.44. The van der Waals surface area contributed by atoms with Crippen LogP contribution in [0.1, 0.15) is 12.8 Å². The van der Waals surface area contributed by atoms with Crippen LogP contribution < -0.4 is 10.5 Å². The molecule has 1 saturated carbocycles. The van der Waals surface area contributed by atoms with Gasteiger partial charge in [0.05, 0.1) is 17.0 Å². The van der Waals surface area contributed by atoms with E-state index >= 15 is 0 Å². The van der Waals surface area contributed by atoms with Gasteiger partial charge < -0.3 is 5.73 Å². The zero-order valence-electron chi connectivity index (χ0n) is 15.5. The molecule has 2 aromatic carbocycles. The Kier molecular flexibility index (Phi) is 6.33. The minimum atomic E-state index is -3.56. The SMILES string of the molecule is Cl.NC/C=C(\F)Cn1nnc2c(-c3cccc(S(=O)(=O)NC4CC4)c3)cccc21. The summed E-state index contributed by atoms with van der Waals surface area (Å²) in [6, 6.07) is 12.2. The first-order valence-corrected chi connectivity index (χ1v) is 10.5. The van der Waals surface area contributed by atoms with E-state index < -0.39 is 10.0 Å². The zero-order chi connectivity index (χ0) is 19.7. The molecule has 10 heteroatoms. The van der Waals surface area contributed by atoms with E-state index in [9.17, 15) is 12.8 Å². The first kappa shape index (κ1) is 21.4. The summed E-state index contributed by atoms with van der Waals surface area (Å²) in [5, 5.41) is 8.22. The van der Waals surface area contributed by atoms with Gasteiger partial charge in [-0.3, -0.25) is 0 Å². The molecule has 7 nitrogen and oxygen atoms in total. The van der Waals surface area contributed by atoms with Crippen LogP contribution in [-0.4, -0.2) is 36.0 Å². The highest BCUT2D eigenvalue weighted by Gasteiger charge is 2.28. The molecule has 3 N–H and O–H groups in total. The lowest BCUT2D eigenvalue weighted by Crippen LogP contribution is -2.25. The monoisotopic (exact) mass is 437 g/mol. The molecule has 1 aromatic heterocycles. The Morgan fingerprint density at radius 1 is 1.28 bits per heavy atom. The molecule has 154 valence electrons. The number of nitrogens with one attached hydrogen (secondary N) is 1. The van der Waals surface area contributed by atoms with Gasteiger partial charge in [-0.15, -0.1) is 17.5 Å². The van der Waals surface area contributed by atoms with E-state index in [-0.39, 0.29) is 42.3 Å². The van der Waals surface area contributed by atoms with Crippen molar-refractivity contribution in [3.05, 3.63) is 54.4 Å². The van der Waals surface area contributed by atoms with Crippen LogP contribution in [0.2, 0.25) is 0 Å². The number of halogens is 2. The molecular formula is C19H21ClFN5O2S. The van der Waals surface area contributed by atoms with Gasteiger partial charge >= 0.3 is 0 Å². The highest BCUT2D eigenvalue weighted by molar-refractivity contribution is 7.89. The van der Waals surface area contributed by atoms with Crippen LogP contribution in [0.5, 0.6) is 0 Å². The average molecular weight is 438 g/mol. The highest BCUT2D eigenvalue weighted by atomic mass is 35.5. The number of aromatic nitrogens is 3. The predicted molar refractivity (Wildman–Crippen MR) is 112 cm³/mol. The molecule has 0 atom stereocenters. The number of sulfonamides is 1. The summed E-state index contributed by atoms with van der Waals surface area (Å²) >= 11 is 0. The summed E-state index contributed by atoms with van der Waals surface area (Å²) in [5.41, 5.74) is 8.01. The number of nitrogens with two attached hydrogens (primary N) is 1. The van der Waals surface area contributed by atoms with Gasteiger partial charge in [0.15, 0.2) is 0 Å². The highest BCUT2D eigenvalue weighted by Crippen LogP contribution is 2.29. The Balaban J connectivity index is 0.00000240. The first-order valence-electron chi connectivity index (χ1n) is 8.97. The number of hydrogen-bond donors (Lipinski definition) is 2. The maximum absolute atomic E-state index is 13.8. The molecule has 1 fully saturated rings. The Labute approximate surface area is 174 Å². The maximum Gasteiger partial charge on any atom is 0.240 e. The van der Waals surface area contributed by atoms with Gasteiger partial charge in [0.1, 0.15) is 11.3 Å². The fraction of sp³-hybridized carbons (Fsp3) is 0.263. The number of nitrogens with zero attached hydrogens (tertiary/aromatic N) is 3. The normalized spacial score (nSPS) is 14.8. The van der Waals surface area contributed by atoms with E-state index in [0.29, 0.717) is 16.6 Å². The Hall–Kier alpha value is -2.33. The summed E-state index contributed by atoms with van der Waals surface area (Å²) in [7, 11) is -3.56. The predicted octanol–water partition coefficient (Wildman–Crippen LogP) is 2.77. The van der Waals surface area contributed by atoms with Crippen molar-refractivity contribution in [1.82, 2.24) is 19.7 Å². The Bertz CT molecular complexity index is 1160. The minimum Gasteiger partial charge on any atom is -0.327 e. The fourth-order valence-corrected chi connectivity index (χ4v) is 4.35. The standard InChI is InChI=1S/C19H20FN5O2S.ClH/c20-14(9-10-21)12-25-18-6-2-5-17(19(18)22-24-25)13-3-1-4-16(11-13)28(26,27)23-15-7-8-15;/h1-6,9,11,15,23H,7-8,10,12,21H2;1H/b14-9-;. The van der Waals surface area contributed by atoms with Crippen LogP contribution in [0.15, 0.2) is 59.3 Å². The average Bonchev–Trinajstić information content (AvgIpc) is 3.39. The molecule has 4 rings (SSSR count). The lowest BCUT2D eigenvalue weighted by molar-refractivity contribution is 0.524. The lowest BCUT2D eigenvalue weighted by Gasteiger charge is -2.08. The van der Waals surface area contributed by atoms with Crippen LogP contribution in [-0.2, 0) is 16.6 Å². The molecule has 0 saturated heterocycles. The third kappa shape index (κ3) is 4.64. The van der Waals surface area contributed by atoms with E-state index in [0.717, 1.165) is 18.4 Å². The molecule has 1 aliphatic carbocycles. The lowest BCUT2D eigenvalue weighted by atomic mass is 10.0. The van der Waals surface area contributed by atoms with Crippen molar-refractivity contribution in [2.75, 3.05) is 6.54 Å². The van der Waals surface area contributed by atoms with Gasteiger partial charge in [0.2, 0.25) is 10.0 Å². The number of benzene rings is 2. The van der Waals surface area contributed by atoms with Crippen molar-refractivity contribution < 1.29 is 12.8 Å². The van der Waals surface area contributed by atoms with Crippen LogP contribution in [0.25, 0.3) is 22.2 Å². The first-order chi connectivity index (χ1) is 13.5. The minimum absolute atomic E-state index is 0. The number of fused-ring (bicyclic) bond motifs is 1. The maximum atomic E-state index is 13.8. The molecule has 0 radical (unpaired) electrons. The van der Waals surface area contributed by atoms with Gasteiger partial charge in [-0.2, -0.15) is 0 Å². The largest absolute Gasteiger partial charge is 0.327 e. The van der Waals surface area contributed by atoms with Crippen molar-refractivity contribution in [2.24, 2.45) is 5.73 Å². The number of rotatable bonds is 7. The van der Waals surface area contributed by atoms with Crippen molar-refractivity contribution in [3.8, 4) is 11.1 Å². The molecular weight excluding hydrogens is 417 g/mol. The van der Waals surface area contributed by atoms with Crippen LogP contribution >= 0.6 is 12.4 Å². The summed E-state index contributed by atoms with van der Waals surface area (Å²) in [6.07, 6.45) is 3.03. The summed E-state index contributed by atoms with van der Waals surface area (Å²) in [5.74, 6) is -0.390. The van der Waals surface area contributed by atoms with Crippen molar-refractivity contribution in [2.45, 2.75) is 30.3 Å². The summed E-state index contributed by atoms with van der Waals surface area (Å²) < 4.78 is 43.0. The fourth-order valence-electron chi connectivity index (χ4n) is 3.00. The van der Waals surface area contributed by atoms with Crippen LogP contribution in [0.4, 0.5) is 4.39 Å². The van der Waals surface area contributed by atoms with Gasteiger partial charge in [0.25, 0.3) is 0 Å². The topological polar surface area (TPSA) is 103 Å². The molecule has 0 unspecified atom stereocenters. The molecule has 0 amide bonds. The van der Waals surface area contributed by atoms with E-state index in [4.69, 9.17) is 5.73 Å². The smallest absolute Gasteiger partial charge is 0.240 e. The van der Waals surface area contributed by atoms with E-state index in [1.165, 1.54) is 10.8 Å². The molecule has 0 bridgehead atoms. The molecule has 1 heterocycles. The molecule has 3 aromatic rings. The second-order valence-electron chi connectivity index (χ2n) is 6.73. The van der Waals surface area contributed by atoms with Crippen molar-refractivity contribution in [1.29, 1.82) is 0 Å².